The molecule has 1 aromatic rings. The SMILES string of the molecule is C=Cc1cc(C2CNCCC2(F)C=C)ccn1. The molecule has 0 radical (unpaired) electrons. The Labute approximate surface area is 101 Å². The summed E-state index contributed by atoms with van der Waals surface area (Å²) in [5.41, 5.74) is 0.398. The van der Waals surface area contributed by atoms with Crippen molar-refractivity contribution in [3.63, 3.8) is 0 Å². The zero-order chi connectivity index (χ0) is 12.3. The van der Waals surface area contributed by atoms with Crippen molar-refractivity contribution in [2.75, 3.05) is 13.1 Å². The van der Waals surface area contributed by atoms with Crippen LogP contribution in [0.3, 0.4) is 0 Å². The zero-order valence-corrected chi connectivity index (χ0v) is 9.82. The fraction of sp³-hybridized carbons (Fsp3) is 0.357. The molecular weight excluding hydrogens is 215 g/mol. The van der Waals surface area contributed by atoms with Crippen molar-refractivity contribution in [3.8, 4) is 0 Å². The molecule has 0 spiro atoms. The first-order valence-electron chi connectivity index (χ1n) is 5.81. The summed E-state index contributed by atoms with van der Waals surface area (Å²) in [6.07, 6.45) is 5.28. The molecule has 1 aliphatic rings. The maximum Gasteiger partial charge on any atom is 0.138 e. The van der Waals surface area contributed by atoms with Gasteiger partial charge in [0.25, 0.3) is 0 Å². The number of piperidine rings is 1. The van der Waals surface area contributed by atoms with Gasteiger partial charge in [-0.05, 0) is 36.7 Å². The molecule has 0 saturated carbocycles. The Balaban J connectivity index is 2.35. The predicted octanol–water partition coefficient (Wildman–Crippen LogP) is 2.70. The number of halogens is 1. The van der Waals surface area contributed by atoms with Crippen LogP contribution in [0.15, 0.2) is 37.6 Å². The van der Waals surface area contributed by atoms with Gasteiger partial charge in [-0.2, -0.15) is 0 Å². The minimum absolute atomic E-state index is 0.199. The molecule has 2 atom stereocenters. The third-order valence-electron chi connectivity index (χ3n) is 3.37. The van der Waals surface area contributed by atoms with Crippen LogP contribution in [0.1, 0.15) is 23.6 Å². The van der Waals surface area contributed by atoms with E-state index in [1.54, 1.807) is 12.3 Å². The van der Waals surface area contributed by atoms with Gasteiger partial charge in [0, 0.05) is 18.7 Å². The number of allylic oxidation sites excluding steroid dienone is 1. The van der Waals surface area contributed by atoms with Crippen molar-refractivity contribution in [2.24, 2.45) is 0 Å². The summed E-state index contributed by atoms with van der Waals surface area (Å²) in [4.78, 5) is 4.14. The summed E-state index contributed by atoms with van der Waals surface area (Å²) in [5.74, 6) is -0.199. The minimum atomic E-state index is -1.33. The highest BCUT2D eigenvalue weighted by Crippen LogP contribution is 2.37. The van der Waals surface area contributed by atoms with E-state index in [0.29, 0.717) is 19.5 Å². The van der Waals surface area contributed by atoms with Gasteiger partial charge >= 0.3 is 0 Å². The lowest BCUT2D eigenvalue weighted by atomic mass is 9.79. The Bertz CT molecular complexity index is 430. The molecule has 1 N–H and O–H groups in total. The van der Waals surface area contributed by atoms with Crippen LogP contribution in [0.4, 0.5) is 4.39 Å². The maximum absolute atomic E-state index is 14.7. The second-order valence-electron chi connectivity index (χ2n) is 4.36. The summed E-state index contributed by atoms with van der Waals surface area (Å²) < 4.78 is 14.7. The van der Waals surface area contributed by atoms with Crippen LogP contribution in [-0.2, 0) is 0 Å². The largest absolute Gasteiger partial charge is 0.316 e. The van der Waals surface area contributed by atoms with Crippen LogP contribution in [0.2, 0.25) is 0 Å². The molecule has 17 heavy (non-hydrogen) atoms. The summed E-state index contributed by atoms with van der Waals surface area (Å²) in [5, 5.41) is 3.23. The molecule has 0 bridgehead atoms. The average molecular weight is 232 g/mol. The molecule has 2 rings (SSSR count). The number of hydrogen-bond donors (Lipinski definition) is 1. The highest BCUT2D eigenvalue weighted by Gasteiger charge is 2.39. The van der Waals surface area contributed by atoms with Gasteiger partial charge in [0.1, 0.15) is 5.67 Å². The van der Waals surface area contributed by atoms with Crippen LogP contribution in [0, 0.1) is 0 Å². The van der Waals surface area contributed by atoms with Gasteiger partial charge in [-0.15, -0.1) is 0 Å². The lowest BCUT2D eigenvalue weighted by Gasteiger charge is -2.36. The Kier molecular flexibility index (Phi) is 3.38. The van der Waals surface area contributed by atoms with Crippen LogP contribution >= 0.6 is 0 Å². The van der Waals surface area contributed by atoms with E-state index in [9.17, 15) is 4.39 Å². The second kappa shape index (κ2) is 4.80. The van der Waals surface area contributed by atoms with Gasteiger partial charge in [-0.1, -0.05) is 19.2 Å². The first kappa shape index (κ1) is 12.0. The first-order chi connectivity index (χ1) is 8.19. The fourth-order valence-corrected chi connectivity index (χ4v) is 2.30. The number of nitrogens with zero attached hydrogens (tertiary/aromatic N) is 1. The average Bonchev–Trinajstić information content (AvgIpc) is 2.39. The van der Waals surface area contributed by atoms with Crippen molar-refractivity contribution in [1.29, 1.82) is 0 Å². The number of aromatic nitrogens is 1. The molecule has 1 fully saturated rings. The zero-order valence-electron chi connectivity index (χ0n) is 9.82. The van der Waals surface area contributed by atoms with Gasteiger partial charge < -0.3 is 5.32 Å². The monoisotopic (exact) mass is 232 g/mol. The summed E-state index contributed by atoms with van der Waals surface area (Å²) in [7, 11) is 0. The lowest BCUT2D eigenvalue weighted by Crippen LogP contribution is -2.44. The third-order valence-corrected chi connectivity index (χ3v) is 3.37. The maximum atomic E-state index is 14.7. The van der Waals surface area contributed by atoms with Crippen LogP contribution in [0.25, 0.3) is 6.08 Å². The van der Waals surface area contributed by atoms with E-state index in [1.165, 1.54) is 6.08 Å². The van der Waals surface area contributed by atoms with E-state index < -0.39 is 5.67 Å². The van der Waals surface area contributed by atoms with E-state index in [4.69, 9.17) is 0 Å². The van der Waals surface area contributed by atoms with E-state index in [0.717, 1.165) is 11.3 Å². The highest BCUT2D eigenvalue weighted by molar-refractivity contribution is 5.44. The van der Waals surface area contributed by atoms with Crippen LogP contribution in [0.5, 0.6) is 0 Å². The number of alkyl halides is 1. The van der Waals surface area contributed by atoms with Gasteiger partial charge in [0.2, 0.25) is 0 Å². The van der Waals surface area contributed by atoms with Crippen molar-refractivity contribution in [2.45, 2.75) is 18.0 Å². The van der Waals surface area contributed by atoms with Gasteiger partial charge in [-0.3, -0.25) is 4.98 Å². The molecule has 1 aromatic heterocycles. The molecule has 0 aliphatic carbocycles. The third kappa shape index (κ3) is 2.29. The van der Waals surface area contributed by atoms with Gasteiger partial charge in [0.15, 0.2) is 0 Å². The number of pyridine rings is 1. The fourth-order valence-electron chi connectivity index (χ4n) is 2.30. The highest BCUT2D eigenvalue weighted by atomic mass is 19.1. The molecular formula is C14H17FN2. The lowest BCUT2D eigenvalue weighted by molar-refractivity contribution is 0.143. The molecule has 2 nitrogen and oxygen atoms in total. The summed E-state index contributed by atoms with van der Waals surface area (Å²) in [6.45, 7) is 8.64. The van der Waals surface area contributed by atoms with E-state index in [-0.39, 0.29) is 5.92 Å². The normalized spacial score (nSPS) is 28.6. The van der Waals surface area contributed by atoms with Crippen molar-refractivity contribution >= 4 is 6.08 Å². The Hall–Kier alpha value is -1.48. The summed E-state index contributed by atoms with van der Waals surface area (Å²) in [6, 6.07) is 3.75. The van der Waals surface area contributed by atoms with Crippen LogP contribution in [-0.4, -0.2) is 23.7 Å². The molecule has 2 heterocycles. The van der Waals surface area contributed by atoms with Gasteiger partial charge in [0.05, 0.1) is 5.69 Å². The predicted molar refractivity (Wildman–Crippen MR) is 68.6 cm³/mol. The van der Waals surface area contributed by atoms with Crippen LogP contribution < -0.4 is 5.32 Å². The number of rotatable bonds is 3. The topological polar surface area (TPSA) is 24.9 Å². The molecule has 2 unspecified atom stereocenters. The van der Waals surface area contributed by atoms with Crippen molar-refractivity contribution in [3.05, 3.63) is 48.8 Å². The first-order valence-corrected chi connectivity index (χ1v) is 5.81. The summed E-state index contributed by atoms with van der Waals surface area (Å²) >= 11 is 0. The number of nitrogens with one attached hydrogen (secondary N) is 1. The van der Waals surface area contributed by atoms with E-state index in [1.807, 2.05) is 12.1 Å². The molecule has 1 aliphatic heterocycles. The Morgan fingerprint density at radius 1 is 1.53 bits per heavy atom. The van der Waals surface area contributed by atoms with E-state index >= 15 is 0 Å². The van der Waals surface area contributed by atoms with E-state index in [2.05, 4.69) is 23.5 Å². The Morgan fingerprint density at radius 3 is 3.06 bits per heavy atom. The quantitative estimate of drug-likeness (QED) is 0.810. The molecule has 0 amide bonds. The minimum Gasteiger partial charge on any atom is -0.316 e. The second-order valence-corrected chi connectivity index (χ2v) is 4.36. The smallest absolute Gasteiger partial charge is 0.138 e. The molecule has 1 saturated heterocycles. The molecule has 3 heteroatoms. The van der Waals surface area contributed by atoms with Crippen molar-refractivity contribution < 1.29 is 4.39 Å². The Morgan fingerprint density at radius 2 is 2.35 bits per heavy atom. The van der Waals surface area contributed by atoms with Crippen molar-refractivity contribution in [1.82, 2.24) is 10.3 Å². The molecule has 90 valence electrons. The van der Waals surface area contributed by atoms with Gasteiger partial charge in [-0.25, -0.2) is 4.39 Å². The molecule has 0 aromatic carbocycles. The number of hydrogen-bond acceptors (Lipinski definition) is 2. The standard InChI is InChI=1S/C14H17FN2/c1-3-12-9-11(5-7-17-12)13-10-16-8-6-14(13,15)4-2/h3-5,7,9,13,16H,1-2,6,8,10H2.